The first-order valence-electron chi connectivity index (χ1n) is 6.18. The molecule has 2 N–H and O–H groups in total. The van der Waals surface area contributed by atoms with E-state index in [4.69, 9.17) is 0 Å². The summed E-state index contributed by atoms with van der Waals surface area (Å²) in [6.45, 7) is 3.39. The van der Waals surface area contributed by atoms with Crippen molar-refractivity contribution < 1.29 is 21.6 Å². The molecule has 0 heterocycles. The molecule has 0 radical (unpaired) electrons. The number of anilines is 1. The molecule has 0 atom stereocenters. The van der Waals surface area contributed by atoms with E-state index in [1.54, 1.807) is 26.0 Å². The van der Waals surface area contributed by atoms with Crippen LogP contribution in [0, 0.1) is 0 Å². The number of alkyl halides is 3. The molecular formula is C12H17F3N2O2S2. The quantitative estimate of drug-likeness (QED) is 0.748. The standard InChI is InChI=1S/C12H17F3N2O2S2/c1-9(2)17-21(18,19)11-6-4-3-5-10(11)16-7-8-20-12(13,14)15/h3-6,9,16-17H,7-8H2,1-2H3. The van der Waals surface area contributed by atoms with Crippen LogP contribution in [0.25, 0.3) is 0 Å². The highest BCUT2D eigenvalue weighted by molar-refractivity contribution is 8.00. The Labute approximate surface area is 126 Å². The van der Waals surface area contributed by atoms with Crippen molar-refractivity contribution in [1.82, 2.24) is 4.72 Å². The Morgan fingerprint density at radius 2 is 1.86 bits per heavy atom. The van der Waals surface area contributed by atoms with Gasteiger partial charge in [-0.3, -0.25) is 0 Å². The Morgan fingerprint density at radius 1 is 1.24 bits per heavy atom. The second-order valence-corrected chi connectivity index (χ2v) is 7.34. The lowest BCUT2D eigenvalue weighted by atomic mass is 10.3. The number of thioether (sulfide) groups is 1. The molecule has 0 aliphatic rings. The van der Waals surface area contributed by atoms with Gasteiger partial charge in [0, 0.05) is 18.3 Å². The highest BCUT2D eigenvalue weighted by atomic mass is 32.2. The predicted molar refractivity (Wildman–Crippen MR) is 78.9 cm³/mol. The van der Waals surface area contributed by atoms with Crippen molar-refractivity contribution in [2.24, 2.45) is 0 Å². The van der Waals surface area contributed by atoms with Gasteiger partial charge in [0.2, 0.25) is 10.0 Å². The number of para-hydroxylation sites is 1. The summed E-state index contributed by atoms with van der Waals surface area (Å²) in [4.78, 5) is 0.0238. The summed E-state index contributed by atoms with van der Waals surface area (Å²) in [6, 6.07) is 5.83. The number of nitrogens with one attached hydrogen (secondary N) is 2. The van der Waals surface area contributed by atoms with Gasteiger partial charge in [-0.15, -0.1) is 0 Å². The van der Waals surface area contributed by atoms with Gasteiger partial charge >= 0.3 is 5.51 Å². The van der Waals surface area contributed by atoms with Gasteiger partial charge in [0.05, 0.1) is 5.69 Å². The second kappa shape index (κ2) is 7.37. The highest BCUT2D eigenvalue weighted by Gasteiger charge is 2.27. The SMILES string of the molecule is CC(C)NS(=O)(=O)c1ccccc1NCCSC(F)(F)F. The van der Waals surface area contributed by atoms with Gasteiger partial charge in [0.15, 0.2) is 0 Å². The fourth-order valence-corrected chi connectivity index (χ4v) is 3.44. The summed E-state index contributed by atoms with van der Waals surface area (Å²) in [5.41, 5.74) is -4.00. The smallest absolute Gasteiger partial charge is 0.383 e. The largest absolute Gasteiger partial charge is 0.441 e. The molecule has 120 valence electrons. The highest BCUT2D eigenvalue weighted by Crippen LogP contribution is 2.30. The molecule has 4 nitrogen and oxygen atoms in total. The molecule has 0 aliphatic heterocycles. The van der Waals surface area contributed by atoms with Crippen molar-refractivity contribution in [2.45, 2.75) is 30.3 Å². The minimum atomic E-state index is -4.29. The molecule has 9 heteroatoms. The molecule has 0 bridgehead atoms. The van der Waals surface area contributed by atoms with E-state index in [1.807, 2.05) is 0 Å². The van der Waals surface area contributed by atoms with E-state index in [0.717, 1.165) is 0 Å². The normalized spacial score (nSPS) is 12.7. The van der Waals surface area contributed by atoms with Crippen molar-refractivity contribution in [3.8, 4) is 0 Å². The molecule has 0 spiro atoms. The molecule has 0 amide bonds. The molecule has 0 fully saturated rings. The van der Waals surface area contributed by atoms with Crippen molar-refractivity contribution in [3.05, 3.63) is 24.3 Å². The van der Waals surface area contributed by atoms with Crippen molar-refractivity contribution >= 4 is 27.5 Å². The summed E-state index contributed by atoms with van der Waals surface area (Å²) in [7, 11) is -3.70. The summed E-state index contributed by atoms with van der Waals surface area (Å²) >= 11 is -0.151. The first-order chi connectivity index (χ1) is 9.62. The third-order valence-corrected chi connectivity index (χ3v) is 4.70. The minimum Gasteiger partial charge on any atom is -0.383 e. The lowest BCUT2D eigenvalue weighted by Gasteiger charge is -2.15. The lowest BCUT2D eigenvalue weighted by molar-refractivity contribution is -0.0327. The number of sulfonamides is 1. The monoisotopic (exact) mass is 342 g/mol. The Kier molecular flexibility index (Phi) is 6.36. The van der Waals surface area contributed by atoms with Crippen LogP contribution in [0.1, 0.15) is 13.8 Å². The van der Waals surface area contributed by atoms with Crippen LogP contribution in [0.5, 0.6) is 0 Å². The van der Waals surface area contributed by atoms with Crippen molar-refractivity contribution in [2.75, 3.05) is 17.6 Å². The molecular weight excluding hydrogens is 325 g/mol. The van der Waals surface area contributed by atoms with Gasteiger partial charge in [0.1, 0.15) is 4.90 Å². The predicted octanol–water partition coefficient (Wildman–Crippen LogP) is 3.04. The molecule has 21 heavy (non-hydrogen) atoms. The zero-order valence-electron chi connectivity index (χ0n) is 11.6. The molecule has 0 unspecified atom stereocenters. The van der Waals surface area contributed by atoms with Crippen molar-refractivity contribution in [3.63, 3.8) is 0 Å². The maximum Gasteiger partial charge on any atom is 0.441 e. The molecule has 1 rings (SSSR count). The van der Waals surface area contributed by atoms with Crippen LogP contribution in [-0.4, -0.2) is 32.3 Å². The van der Waals surface area contributed by atoms with Gasteiger partial charge < -0.3 is 5.32 Å². The van der Waals surface area contributed by atoms with Crippen molar-refractivity contribution in [1.29, 1.82) is 0 Å². The van der Waals surface area contributed by atoms with Crippen LogP contribution in [0.15, 0.2) is 29.2 Å². The van der Waals surface area contributed by atoms with Crippen LogP contribution >= 0.6 is 11.8 Å². The molecule has 1 aromatic carbocycles. The Bertz CT molecular complexity index is 560. The zero-order valence-corrected chi connectivity index (χ0v) is 13.2. The van der Waals surface area contributed by atoms with E-state index in [-0.39, 0.29) is 40.7 Å². The van der Waals surface area contributed by atoms with Gasteiger partial charge in [-0.05, 0) is 37.7 Å². The molecule has 0 saturated heterocycles. The fourth-order valence-electron chi connectivity index (χ4n) is 1.57. The average molecular weight is 342 g/mol. The Balaban J connectivity index is 2.76. The van der Waals surface area contributed by atoms with E-state index in [0.29, 0.717) is 0 Å². The summed E-state index contributed by atoms with van der Waals surface area (Å²) in [6.07, 6.45) is 0. The van der Waals surface area contributed by atoms with Gasteiger partial charge in [-0.1, -0.05) is 12.1 Å². The third-order valence-electron chi connectivity index (χ3n) is 2.25. The maximum atomic E-state index is 12.1. The second-order valence-electron chi connectivity index (χ2n) is 4.49. The number of hydrogen-bond donors (Lipinski definition) is 2. The first kappa shape index (κ1) is 18.1. The lowest BCUT2D eigenvalue weighted by Crippen LogP contribution is -2.30. The van der Waals surface area contributed by atoms with Crippen LogP contribution in [0.2, 0.25) is 0 Å². The van der Waals surface area contributed by atoms with E-state index < -0.39 is 15.5 Å². The molecule has 0 aliphatic carbocycles. The Hall–Kier alpha value is -0.930. The summed E-state index contributed by atoms with van der Waals surface area (Å²) in [5, 5.41) is 2.73. The van der Waals surface area contributed by atoms with Crippen LogP contribution < -0.4 is 10.0 Å². The van der Waals surface area contributed by atoms with Gasteiger partial charge in [0.25, 0.3) is 0 Å². The van der Waals surface area contributed by atoms with Crippen LogP contribution in [0.3, 0.4) is 0 Å². The topological polar surface area (TPSA) is 58.2 Å². The van der Waals surface area contributed by atoms with E-state index in [9.17, 15) is 21.6 Å². The Morgan fingerprint density at radius 3 is 2.43 bits per heavy atom. The number of hydrogen-bond acceptors (Lipinski definition) is 4. The molecule has 0 saturated carbocycles. The number of halogens is 3. The zero-order chi connectivity index (χ0) is 16.1. The first-order valence-corrected chi connectivity index (χ1v) is 8.64. The van der Waals surface area contributed by atoms with Gasteiger partial charge in [-0.25, -0.2) is 13.1 Å². The van der Waals surface area contributed by atoms with Gasteiger partial charge in [-0.2, -0.15) is 13.2 Å². The maximum absolute atomic E-state index is 12.1. The third kappa shape index (κ3) is 6.58. The average Bonchev–Trinajstić information content (AvgIpc) is 2.32. The van der Waals surface area contributed by atoms with Crippen LogP contribution in [0.4, 0.5) is 18.9 Å². The summed E-state index contributed by atoms with van der Waals surface area (Å²) in [5.74, 6) is -0.199. The molecule has 0 aromatic heterocycles. The molecule has 1 aromatic rings. The number of rotatable bonds is 7. The van der Waals surface area contributed by atoms with E-state index in [1.165, 1.54) is 12.1 Å². The van der Waals surface area contributed by atoms with E-state index in [2.05, 4.69) is 10.0 Å². The van der Waals surface area contributed by atoms with Crippen LogP contribution in [-0.2, 0) is 10.0 Å². The minimum absolute atomic E-state index is 0.0123. The summed E-state index contributed by atoms with van der Waals surface area (Å²) < 4.78 is 62.7. The fraction of sp³-hybridized carbons (Fsp3) is 0.500. The van der Waals surface area contributed by atoms with E-state index >= 15 is 0 Å². The number of benzene rings is 1.